The van der Waals surface area contributed by atoms with Crippen LogP contribution in [0.4, 0.5) is 10.1 Å². The summed E-state index contributed by atoms with van der Waals surface area (Å²) < 4.78 is 18.9. The van der Waals surface area contributed by atoms with E-state index in [1.165, 1.54) is 6.26 Å². The van der Waals surface area contributed by atoms with Crippen LogP contribution in [0.2, 0.25) is 0 Å². The van der Waals surface area contributed by atoms with E-state index >= 15 is 0 Å². The molecule has 0 unspecified atom stereocenters. The average Bonchev–Trinajstić information content (AvgIpc) is 3.14. The monoisotopic (exact) mass is 410 g/mol. The summed E-state index contributed by atoms with van der Waals surface area (Å²) in [7, 11) is -1.86. The molecular weight excluding hydrogens is 390 g/mol. The molecule has 154 valence electrons. The number of nitrogens with one attached hydrogen (secondary N) is 1. The number of furan rings is 1. The third kappa shape index (κ3) is 4.94. The van der Waals surface area contributed by atoms with Gasteiger partial charge in [0.1, 0.15) is 12.1 Å². The van der Waals surface area contributed by atoms with Crippen LogP contribution in [0.5, 0.6) is 0 Å². The van der Waals surface area contributed by atoms with Crippen molar-refractivity contribution in [3.05, 3.63) is 78.8 Å². The van der Waals surface area contributed by atoms with Gasteiger partial charge in [0.2, 0.25) is 5.91 Å². The molecule has 1 aromatic heterocycles. The number of hydrogen-bond acceptors (Lipinski definition) is 5. The van der Waals surface area contributed by atoms with Crippen LogP contribution < -0.4 is 10.2 Å². The van der Waals surface area contributed by atoms with Crippen LogP contribution in [0.25, 0.3) is 11.0 Å². The minimum absolute atomic E-state index is 0.0789. The first kappa shape index (κ1) is 21.3. The molecule has 1 atom stereocenters. The molecule has 3 N–H and O–H groups in total. The molecule has 0 aliphatic rings. The first-order valence-corrected chi connectivity index (χ1v) is 9.18. The molecule has 0 radical (unpaired) electrons. The Labute approximate surface area is 172 Å². The maximum atomic E-state index is 13.5. The number of fused-ring (bicyclic) bond motifs is 1. The highest BCUT2D eigenvalue weighted by Gasteiger charge is 2.29. The summed E-state index contributed by atoms with van der Waals surface area (Å²) in [5.41, 5.74) is 1.61. The van der Waals surface area contributed by atoms with Gasteiger partial charge in [-0.2, -0.15) is 0 Å². The molecular formula is C21H20BFN2O5. The molecule has 3 rings (SSSR count). The molecule has 30 heavy (non-hydrogen) atoms. The van der Waals surface area contributed by atoms with Gasteiger partial charge < -0.3 is 19.8 Å². The zero-order valence-electron chi connectivity index (χ0n) is 16.0. The molecule has 0 saturated carbocycles. The van der Waals surface area contributed by atoms with Gasteiger partial charge >= 0.3 is 7.12 Å². The first-order valence-electron chi connectivity index (χ1n) is 9.18. The lowest BCUT2D eigenvalue weighted by molar-refractivity contribution is -0.123. The van der Waals surface area contributed by atoms with Crippen LogP contribution in [0.1, 0.15) is 5.56 Å². The lowest BCUT2D eigenvalue weighted by atomic mass is 9.76. The normalized spacial score (nSPS) is 11.7. The number of anilines is 1. The van der Waals surface area contributed by atoms with E-state index in [1.807, 2.05) is 18.2 Å². The van der Waals surface area contributed by atoms with Crippen molar-refractivity contribution in [2.75, 3.05) is 11.4 Å². The molecule has 0 aliphatic heterocycles. The topological polar surface area (TPSA) is 103 Å². The lowest BCUT2D eigenvalue weighted by Crippen LogP contribution is -2.51. The molecule has 0 saturated heterocycles. The van der Waals surface area contributed by atoms with Crippen molar-refractivity contribution >= 4 is 35.6 Å². The molecule has 0 fully saturated rings. The third-order valence-corrected chi connectivity index (χ3v) is 4.55. The fourth-order valence-corrected chi connectivity index (χ4v) is 3.09. The number of rotatable bonds is 8. The van der Waals surface area contributed by atoms with Crippen molar-refractivity contribution in [1.29, 1.82) is 0 Å². The van der Waals surface area contributed by atoms with Gasteiger partial charge in [-0.05, 0) is 30.2 Å². The van der Waals surface area contributed by atoms with Gasteiger partial charge in [0.15, 0.2) is 5.83 Å². The van der Waals surface area contributed by atoms with Gasteiger partial charge in [-0.3, -0.25) is 14.5 Å². The van der Waals surface area contributed by atoms with Crippen molar-refractivity contribution in [2.45, 2.75) is 12.4 Å². The van der Waals surface area contributed by atoms with E-state index in [0.717, 1.165) is 10.3 Å². The van der Waals surface area contributed by atoms with Crippen LogP contribution in [-0.4, -0.2) is 41.5 Å². The zero-order chi connectivity index (χ0) is 21.7. The highest BCUT2D eigenvalue weighted by atomic mass is 19.1. The summed E-state index contributed by atoms with van der Waals surface area (Å²) in [5, 5.41) is 22.7. The summed E-state index contributed by atoms with van der Waals surface area (Å²) >= 11 is 0. The highest BCUT2D eigenvalue weighted by molar-refractivity contribution is 6.43. The van der Waals surface area contributed by atoms with E-state index < -0.39 is 37.2 Å². The van der Waals surface area contributed by atoms with Gasteiger partial charge in [0, 0.05) is 11.1 Å². The van der Waals surface area contributed by atoms with Gasteiger partial charge in [-0.15, -0.1) is 0 Å². The molecule has 9 heteroatoms. The molecule has 2 aromatic carbocycles. The maximum Gasteiger partial charge on any atom is 0.475 e. The van der Waals surface area contributed by atoms with Crippen LogP contribution in [0, 0.1) is 0 Å². The second kappa shape index (κ2) is 9.38. The van der Waals surface area contributed by atoms with Gasteiger partial charge in [0.05, 0.1) is 12.2 Å². The predicted octanol–water partition coefficient (Wildman–Crippen LogP) is 1.99. The fraction of sp³-hybridized carbons (Fsp3) is 0.143. The first-order chi connectivity index (χ1) is 14.4. The number of carbonyl (C=O) groups is 2. The van der Waals surface area contributed by atoms with Crippen molar-refractivity contribution in [3.8, 4) is 0 Å². The summed E-state index contributed by atoms with van der Waals surface area (Å²) in [4.78, 5) is 25.6. The Morgan fingerprint density at radius 1 is 1.13 bits per heavy atom. The van der Waals surface area contributed by atoms with Gasteiger partial charge in [-0.25, -0.2) is 4.39 Å². The smallest absolute Gasteiger partial charge is 0.464 e. The zero-order valence-corrected chi connectivity index (χ0v) is 16.0. The Hall–Kier alpha value is -3.43. The number of hydrogen-bond donors (Lipinski definition) is 3. The number of halogens is 1. The Morgan fingerprint density at radius 3 is 2.47 bits per heavy atom. The number of nitrogens with zero attached hydrogens (tertiary/aromatic N) is 1. The van der Waals surface area contributed by atoms with Crippen molar-refractivity contribution < 1.29 is 28.4 Å². The van der Waals surface area contributed by atoms with E-state index in [4.69, 9.17) is 4.42 Å². The third-order valence-electron chi connectivity index (χ3n) is 4.55. The number of carbonyl (C=O) groups excluding carboxylic acids is 2. The lowest BCUT2D eigenvalue weighted by Gasteiger charge is -2.23. The second-order valence-corrected chi connectivity index (χ2v) is 6.68. The van der Waals surface area contributed by atoms with E-state index in [-0.39, 0.29) is 6.42 Å². The largest absolute Gasteiger partial charge is 0.475 e. The van der Waals surface area contributed by atoms with Crippen molar-refractivity contribution in [2.24, 2.45) is 0 Å². The summed E-state index contributed by atoms with van der Waals surface area (Å²) in [6, 6.07) is 15.3. The number of amides is 2. The molecule has 0 bridgehead atoms. The minimum Gasteiger partial charge on any atom is -0.464 e. The Balaban J connectivity index is 1.75. The fourth-order valence-electron chi connectivity index (χ4n) is 3.09. The minimum atomic E-state index is -1.86. The number of para-hydroxylation sites is 2. The van der Waals surface area contributed by atoms with Gasteiger partial charge in [0.25, 0.3) is 5.91 Å². The van der Waals surface area contributed by atoms with Crippen LogP contribution in [0.3, 0.4) is 0 Å². The quantitative estimate of drug-likeness (QED) is 0.389. The van der Waals surface area contributed by atoms with Crippen LogP contribution in [-0.2, 0) is 16.0 Å². The Morgan fingerprint density at radius 2 is 1.80 bits per heavy atom. The van der Waals surface area contributed by atoms with Crippen LogP contribution in [0.15, 0.2) is 77.7 Å². The van der Waals surface area contributed by atoms with E-state index in [0.29, 0.717) is 16.8 Å². The maximum absolute atomic E-state index is 13.5. The number of benzene rings is 2. The van der Waals surface area contributed by atoms with E-state index in [1.54, 1.807) is 36.4 Å². The summed E-state index contributed by atoms with van der Waals surface area (Å²) in [5.74, 6) is -4.03. The SMILES string of the molecule is C=C(F)C(=O)N(CC(=O)N[C@@H](Cc1coc2ccccc12)B(O)O)c1ccccc1. The summed E-state index contributed by atoms with van der Waals surface area (Å²) in [6.45, 7) is 2.47. The average molecular weight is 410 g/mol. The van der Waals surface area contributed by atoms with Crippen molar-refractivity contribution in [3.63, 3.8) is 0 Å². The Kier molecular flexibility index (Phi) is 6.66. The van der Waals surface area contributed by atoms with E-state index in [9.17, 15) is 24.0 Å². The molecule has 3 aromatic rings. The predicted molar refractivity (Wildman–Crippen MR) is 111 cm³/mol. The second-order valence-electron chi connectivity index (χ2n) is 6.68. The van der Waals surface area contributed by atoms with E-state index in [2.05, 4.69) is 11.9 Å². The molecule has 7 nitrogen and oxygen atoms in total. The Bertz CT molecular complexity index is 1050. The van der Waals surface area contributed by atoms with Crippen molar-refractivity contribution in [1.82, 2.24) is 5.32 Å². The molecule has 0 spiro atoms. The molecule has 2 amide bonds. The molecule has 0 aliphatic carbocycles. The highest BCUT2D eigenvalue weighted by Crippen LogP contribution is 2.22. The molecule has 1 heterocycles. The van der Waals surface area contributed by atoms with Crippen LogP contribution >= 0.6 is 0 Å². The van der Waals surface area contributed by atoms with Gasteiger partial charge in [-0.1, -0.05) is 43.0 Å². The summed E-state index contributed by atoms with van der Waals surface area (Å²) in [6.07, 6.45) is 1.56. The standard InChI is InChI=1S/C21H20BFN2O5/c1-14(23)21(27)25(16-7-3-2-4-8-16)12-20(26)24-19(22(28)29)11-15-13-30-18-10-6-5-9-17(15)18/h2-10,13,19,28-29H,1,11-12H2,(H,24,26)/t19-/m0/s1.